The van der Waals surface area contributed by atoms with Crippen LogP contribution in [-0.2, 0) is 20.7 Å². The van der Waals surface area contributed by atoms with Gasteiger partial charge in [-0.25, -0.2) is 4.79 Å². The van der Waals surface area contributed by atoms with Crippen molar-refractivity contribution in [2.75, 3.05) is 18.2 Å². The maximum Gasteiger partial charge on any atom is 0.329 e. The van der Waals surface area contributed by atoms with Crippen molar-refractivity contribution in [1.29, 1.82) is 0 Å². The zero-order valence-electron chi connectivity index (χ0n) is 16.9. The minimum atomic E-state index is -0.979. The quantitative estimate of drug-likeness (QED) is 0.392. The van der Waals surface area contributed by atoms with E-state index < -0.39 is 30.4 Å². The summed E-state index contributed by atoms with van der Waals surface area (Å²) < 4.78 is 10.3. The van der Waals surface area contributed by atoms with Gasteiger partial charge >= 0.3 is 5.97 Å². The van der Waals surface area contributed by atoms with E-state index in [2.05, 4.69) is 10.6 Å². The van der Waals surface area contributed by atoms with Crippen LogP contribution >= 0.6 is 11.8 Å². The van der Waals surface area contributed by atoms with E-state index in [1.165, 1.54) is 12.3 Å². The Morgan fingerprint density at radius 3 is 2.55 bits per heavy atom. The van der Waals surface area contributed by atoms with E-state index in [1.807, 2.05) is 54.8 Å². The van der Waals surface area contributed by atoms with E-state index in [0.29, 0.717) is 5.69 Å². The van der Waals surface area contributed by atoms with Gasteiger partial charge in [0.15, 0.2) is 12.4 Å². The van der Waals surface area contributed by atoms with Gasteiger partial charge in [-0.1, -0.05) is 36.4 Å². The molecule has 0 bridgehead atoms. The molecule has 0 spiro atoms. The van der Waals surface area contributed by atoms with Gasteiger partial charge in [-0.2, -0.15) is 0 Å². The first-order valence-corrected chi connectivity index (χ1v) is 10.8. The number of benzene rings is 2. The molecule has 0 radical (unpaired) electrons. The first kappa shape index (κ1) is 22.2. The molecule has 2 N–H and O–H groups in total. The SMILES string of the molecule is CSc1cccc(NC(=O)COC(=O)C(Cc2ccccc2)NC(=O)c2ccco2)c1. The molecule has 2 aromatic carbocycles. The smallest absolute Gasteiger partial charge is 0.329 e. The molecule has 8 heteroatoms. The molecule has 3 rings (SSSR count). The molecule has 0 fully saturated rings. The third-order valence-electron chi connectivity index (χ3n) is 4.32. The summed E-state index contributed by atoms with van der Waals surface area (Å²) >= 11 is 1.55. The Bertz CT molecular complexity index is 1020. The number of esters is 1. The molecule has 31 heavy (non-hydrogen) atoms. The van der Waals surface area contributed by atoms with E-state index in [0.717, 1.165) is 10.5 Å². The summed E-state index contributed by atoms with van der Waals surface area (Å²) in [5, 5.41) is 5.31. The summed E-state index contributed by atoms with van der Waals surface area (Å²) in [6, 6.07) is 18.6. The predicted octanol–water partition coefficient (Wildman–Crippen LogP) is 3.52. The molecule has 0 aliphatic rings. The van der Waals surface area contributed by atoms with Crippen molar-refractivity contribution in [2.45, 2.75) is 17.4 Å². The van der Waals surface area contributed by atoms with Gasteiger partial charge in [-0.3, -0.25) is 9.59 Å². The Balaban J connectivity index is 1.61. The Labute approximate surface area is 184 Å². The maximum absolute atomic E-state index is 12.7. The van der Waals surface area contributed by atoms with Crippen molar-refractivity contribution in [2.24, 2.45) is 0 Å². The van der Waals surface area contributed by atoms with Crippen molar-refractivity contribution in [3.05, 3.63) is 84.3 Å². The van der Waals surface area contributed by atoms with Crippen LogP contribution in [0.4, 0.5) is 5.69 Å². The van der Waals surface area contributed by atoms with Crippen LogP contribution in [0.25, 0.3) is 0 Å². The van der Waals surface area contributed by atoms with E-state index in [-0.39, 0.29) is 12.2 Å². The third kappa shape index (κ3) is 6.75. The number of hydrogen-bond donors (Lipinski definition) is 2. The summed E-state index contributed by atoms with van der Waals surface area (Å²) in [6.07, 6.45) is 3.52. The Morgan fingerprint density at radius 2 is 1.84 bits per heavy atom. The fourth-order valence-electron chi connectivity index (χ4n) is 2.82. The maximum atomic E-state index is 12.7. The number of furan rings is 1. The van der Waals surface area contributed by atoms with Gasteiger partial charge in [0.1, 0.15) is 6.04 Å². The highest BCUT2D eigenvalue weighted by Crippen LogP contribution is 2.18. The largest absolute Gasteiger partial charge is 0.459 e. The van der Waals surface area contributed by atoms with Crippen LogP contribution < -0.4 is 10.6 Å². The molecule has 0 aliphatic heterocycles. The van der Waals surface area contributed by atoms with E-state index >= 15 is 0 Å². The molecular formula is C23H22N2O5S. The lowest BCUT2D eigenvalue weighted by Crippen LogP contribution is -2.44. The molecule has 160 valence electrons. The van der Waals surface area contributed by atoms with Crippen LogP contribution in [-0.4, -0.2) is 36.7 Å². The zero-order valence-corrected chi connectivity index (χ0v) is 17.7. The van der Waals surface area contributed by atoms with Crippen molar-refractivity contribution in [3.8, 4) is 0 Å². The Hall–Kier alpha value is -3.52. The standard InChI is InChI=1S/C23H22N2O5S/c1-31-18-10-5-9-17(14-18)24-21(26)15-30-23(28)19(13-16-7-3-2-4-8-16)25-22(27)20-11-6-12-29-20/h2-12,14,19H,13,15H2,1H3,(H,24,26)(H,25,27). The van der Waals surface area contributed by atoms with Crippen LogP contribution in [0, 0.1) is 0 Å². The summed E-state index contributed by atoms with van der Waals surface area (Å²) in [7, 11) is 0. The molecule has 0 saturated carbocycles. The van der Waals surface area contributed by atoms with Gasteiger partial charge < -0.3 is 19.8 Å². The minimum Gasteiger partial charge on any atom is -0.459 e. The normalized spacial score (nSPS) is 11.4. The molecule has 2 amide bonds. The van der Waals surface area contributed by atoms with Crippen molar-refractivity contribution >= 4 is 35.2 Å². The first-order chi connectivity index (χ1) is 15.0. The third-order valence-corrected chi connectivity index (χ3v) is 5.04. The fourth-order valence-corrected chi connectivity index (χ4v) is 3.27. The van der Waals surface area contributed by atoms with Crippen LogP contribution in [0.5, 0.6) is 0 Å². The number of ether oxygens (including phenoxy) is 1. The Morgan fingerprint density at radius 1 is 1.03 bits per heavy atom. The highest BCUT2D eigenvalue weighted by molar-refractivity contribution is 7.98. The number of thioether (sulfide) groups is 1. The molecule has 1 unspecified atom stereocenters. The van der Waals surface area contributed by atoms with Gasteiger partial charge in [0.25, 0.3) is 11.8 Å². The molecule has 1 heterocycles. The number of nitrogens with one attached hydrogen (secondary N) is 2. The van der Waals surface area contributed by atoms with Gasteiger partial charge in [-0.05, 0) is 42.2 Å². The minimum absolute atomic E-state index is 0.0808. The first-order valence-electron chi connectivity index (χ1n) is 9.54. The van der Waals surface area contributed by atoms with Crippen molar-refractivity contribution < 1.29 is 23.5 Å². The second-order valence-electron chi connectivity index (χ2n) is 6.58. The van der Waals surface area contributed by atoms with Crippen molar-refractivity contribution in [1.82, 2.24) is 5.32 Å². The van der Waals surface area contributed by atoms with Crippen LogP contribution in [0.1, 0.15) is 16.1 Å². The van der Waals surface area contributed by atoms with E-state index in [4.69, 9.17) is 9.15 Å². The number of anilines is 1. The number of carbonyl (C=O) groups is 3. The van der Waals surface area contributed by atoms with Crippen LogP contribution in [0.15, 0.2) is 82.3 Å². The van der Waals surface area contributed by atoms with Crippen molar-refractivity contribution in [3.63, 3.8) is 0 Å². The van der Waals surface area contributed by atoms with Gasteiger partial charge in [0.2, 0.25) is 0 Å². The summed E-state index contributed by atoms with van der Waals surface area (Å²) in [5.41, 5.74) is 1.45. The number of amides is 2. The second kappa shape index (κ2) is 11.0. The summed E-state index contributed by atoms with van der Waals surface area (Å²) in [5.74, 6) is -1.64. The average molecular weight is 439 g/mol. The van der Waals surface area contributed by atoms with Gasteiger partial charge in [-0.15, -0.1) is 11.8 Å². The Kier molecular flexibility index (Phi) is 7.89. The van der Waals surface area contributed by atoms with Gasteiger partial charge in [0.05, 0.1) is 6.26 Å². The fraction of sp³-hybridized carbons (Fsp3) is 0.174. The summed E-state index contributed by atoms with van der Waals surface area (Å²) in [6.45, 7) is -0.468. The zero-order chi connectivity index (χ0) is 22.1. The highest BCUT2D eigenvalue weighted by atomic mass is 32.2. The van der Waals surface area contributed by atoms with Crippen LogP contribution in [0.3, 0.4) is 0 Å². The average Bonchev–Trinajstić information content (AvgIpc) is 3.33. The molecule has 1 aromatic heterocycles. The lowest BCUT2D eigenvalue weighted by atomic mass is 10.1. The lowest BCUT2D eigenvalue weighted by Gasteiger charge is -2.17. The monoisotopic (exact) mass is 438 g/mol. The van der Waals surface area contributed by atoms with E-state index in [9.17, 15) is 14.4 Å². The van der Waals surface area contributed by atoms with Crippen LogP contribution in [0.2, 0.25) is 0 Å². The molecule has 0 saturated heterocycles. The molecule has 7 nitrogen and oxygen atoms in total. The summed E-state index contributed by atoms with van der Waals surface area (Å²) in [4.78, 5) is 38.2. The molecule has 0 aliphatic carbocycles. The van der Waals surface area contributed by atoms with E-state index in [1.54, 1.807) is 23.9 Å². The van der Waals surface area contributed by atoms with Gasteiger partial charge in [0, 0.05) is 17.0 Å². The lowest BCUT2D eigenvalue weighted by molar-refractivity contribution is -0.149. The molecular weight excluding hydrogens is 416 g/mol. The number of hydrogen-bond acceptors (Lipinski definition) is 6. The predicted molar refractivity (Wildman–Crippen MR) is 118 cm³/mol. The topological polar surface area (TPSA) is 97.6 Å². The molecule has 1 atom stereocenters. The highest BCUT2D eigenvalue weighted by Gasteiger charge is 2.25. The molecule has 3 aromatic rings. The second-order valence-corrected chi connectivity index (χ2v) is 7.46. The number of rotatable bonds is 9. The number of carbonyl (C=O) groups excluding carboxylic acids is 3.